The van der Waals surface area contributed by atoms with Gasteiger partial charge in [0.25, 0.3) is 0 Å². The molecule has 0 fully saturated rings. The number of aryl methyl sites for hydroxylation is 1. The Bertz CT molecular complexity index is 975. The number of pyridine rings is 1. The number of hydrogen-bond acceptors (Lipinski definition) is 3. The van der Waals surface area contributed by atoms with Crippen molar-refractivity contribution in [3.8, 4) is 10.7 Å². The topological polar surface area (TPSA) is 25.8 Å². The van der Waals surface area contributed by atoms with Crippen molar-refractivity contribution in [3.63, 3.8) is 0 Å². The summed E-state index contributed by atoms with van der Waals surface area (Å²) in [4.78, 5) is 9.37. The first-order valence-corrected chi connectivity index (χ1v) is 7.82. The Balaban J connectivity index is 1.89. The predicted molar refractivity (Wildman–Crippen MR) is 90.1 cm³/mol. The highest BCUT2D eigenvalue weighted by Gasteiger charge is 2.08. The van der Waals surface area contributed by atoms with Crippen LogP contribution in [0.5, 0.6) is 0 Å². The minimum atomic E-state index is 0.736. The smallest absolute Gasteiger partial charge is 0.143 e. The van der Waals surface area contributed by atoms with E-state index in [1.54, 1.807) is 11.3 Å². The van der Waals surface area contributed by atoms with Gasteiger partial charge in [-0.05, 0) is 43.3 Å². The number of benzene rings is 2. The second kappa shape index (κ2) is 4.79. The Morgan fingerprint density at radius 2 is 1.76 bits per heavy atom. The van der Waals surface area contributed by atoms with Crippen LogP contribution in [0, 0.1) is 6.92 Å². The second-order valence-corrected chi connectivity index (χ2v) is 6.49. The van der Waals surface area contributed by atoms with Gasteiger partial charge < -0.3 is 0 Å². The molecule has 0 radical (unpaired) electrons. The van der Waals surface area contributed by atoms with Crippen LogP contribution in [0.4, 0.5) is 0 Å². The number of nitrogens with zero attached hydrogens (tertiary/aromatic N) is 2. The molecule has 0 bridgehead atoms. The van der Waals surface area contributed by atoms with Crippen LogP contribution in [0.2, 0.25) is 5.02 Å². The van der Waals surface area contributed by atoms with Gasteiger partial charge >= 0.3 is 0 Å². The lowest BCUT2D eigenvalue weighted by atomic mass is 10.1. The van der Waals surface area contributed by atoms with E-state index in [9.17, 15) is 0 Å². The largest absolute Gasteiger partial charge is 0.245 e. The van der Waals surface area contributed by atoms with Crippen LogP contribution in [0.1, 0.15) is 5.56 Å². The molecule has 4 aromatic rings. The molecule has 4 rings (SSSR count). The van der Waals surface area contributed by atoms with Crippen molar-refractivity contribution >= 4 is 44.1 Å². The lowest BCUT2D eigenvalue weighted by Crippen LogP contribution is -1.85. The van der Waals surface area contributed by atoms with Crippen LogP contribution in [0.3, 0.4) is 0 Å². The maximum absolute atomic E-state index is 6.03. The van der Waals surface area contributed by atoms with E-state index in [-0.39, 0.29) is 0 Å². The van der Waals surface area contributed by atoms with E-state index in [0.717, 1.165) is 36.8 Å². The number of aromatic nitrogens is 2. The molecule has 0 spiro atoms. The molecule has 2 heterocycles. The van der Waals surface area contributed by atoms with E-state index >= 15 is 0 Å². The normalized spacial score (nSPS) is 11.3. The summed E-state index contributed by atoms with van der Waals surface area (Å²) in [5.41, 5.74) is 4.11. The molecule has 0 aliphatic rings. The molecule has 0 aliphatic carbocycles. The van der Waals surface area contributed by atoms with Crippen LogP contribution in [-0.2, 0) is 0 Å². The van der Waals surface area contributed by atoms with Gasteiger partial charge in [0.15, 0.2) is 0 Å². The first-order valence-electron chi connectivity index (χ1n) is 6.63. The molecule has 2 aromatic carbocycles. The molecule has 0 amide bonds. The first kappa shape index (κ1) is 12.7. The van der Waals surface area contributed by atoms with E-state index < -0.39 is 0 Å². The number of rotatable bonds is 1. The highest BCUT2D eigenvalue weighted by atomic mass is 35.5. The minimum absolute atomic E-state index is 0.736. The molecule has 0 unspecified atom stereocenters. The average Bonchev–Trinajstić information content (AvgIpc) is 2.89. The summed E-state index contributed by atoms with van der Waals surface area (Å²) >= 11 is 7.65. The summed E-state index contributed by atoms with van der Waals surface area (Å²) in [6, 6.07) is 16.2. The predicted octanol–water partition coefficient (Wildman–Crippen LogP) is 5.47. The summed E-state index contributed by atoms with van der Waals surface area (Å²) in [6.07, 6.45) is 0. The summed E-state index contributed by atoms with van der Waals surface area (Å²) in [5.74, 6) is 0. The quantitative estimate of drug-likeness (QED) is 0.465. The third-order valence-electron chi connectivity index (χ3n) is 3.41. The second-order valence-electron chi connectivity index (χ2n) is 5.02. The zero-order valence-electron chi connectivity index (χ0n) is 11.3. The Morgan fingerprint density at radius 1 is 0.905 bits per heavy atom. The number of thiazole rings is 1. The van der Waals surface area contributed by atoms with E-state index in [1.807, 2.05) is 24.3 Å². The van der Waals surface area contributed by atoms with E-state index in [2.05, 4.69) is 36.2 Å². The molecule has 21 heavy (non-hydrogen) atoms. The van der Waals surface area contributed by atoms with Gasteiger partial charge in [0.2, 0.25) is 0 Å². The molecule has 0 saturated carbocycles. The van der Waals surface area contributed by atoms with E-state index in [4.69, 9.17) is 16.6 Å². The average molecular weight is 311 g/mol. The van der Waals surface area contributed by atoms with Crippen molar-refractivity contribution in [1.29, 1.82) is 0 Å². The fourth-order valence-corrected chi connectivity index (χ4v) is 3.58. The molecular formula is C17H11ClN2S. The minimum Gasteiger partial charge on any atom is -0.245 e. The third-order valence-corrected chi connectivity index (χ3v) is 4.69. The Labute approximate surface area is 131 Å². The van der Waals surface area contributed by atoms with Crippen LogP contribution in [0.15, 0.2) is 48.5 Å². The zero-order valence-corrected chi connectivity index (χ0v) is 12.9. The SMILES string of the molecule is Cc1ccc2nc(-c3nc4ccc(Cl)cc4s3)ccc2c1. The summed E-state index contributed by atoms with van der Waals surface area (Å²) in [6.45, 7) is 2.09. The van der Waals surface area contributed by atoms with Gasteiger partial charge in [-0.3, -0.25) is 0 Å². The Morgan fingerprint density at radius 3 is 2.67 bits per heavy atom. The lowest BCUT2D eigenvalue weighted by Gasteiger charge is -2.01. The van der Waals surface area contributed by atoms with E-state index in [1.165, 1.54) is 5.56 Å². The van der Waals surface area contributed by atoms with Crippen LogP contribution < -0.4 is 0 Å². The van der Waals surface area contributed by atoms with Crippen molar-refractivity contribution in [2.45, 2.75) is 6.92 Å². The van der Waals surface area contributed by atoms with Crippen LogP contribution in [-0.4, -0.2) is 9.97 Å². The van der Waals surface area contributed by atoms with Crippen LogP contribution >= 0.6 is 22.9 Å². The van der Waals surface area contributed by atoms with Crippen molar-refractivity contribution in [2.75, 3.05) is 0 Å². The number of halogens is 1. The van der Waals surface area contributed by atoms with Crippen LogP contribution in [0.25, 0.3) is 31.8 Å². The number of hydrogen-bond donors (Lipinski definition) is 0. The number of fused-ring (bicyclic) bond motifs is 2. The standard InChI is InChI=1S/C17H11ClN2S/c1-10-2-5-13-11(8-10)3-6-15(19-13)17-20-14-7-4-12(18)9-16(14)21-17/h2-9H,1H3. The maximum atomic E-state index is 6.03. The molecule has 0 N–H and O–H groups in total. The van der Waals surface area contributed by atoms with Crippen molar-refractivity contribution in [1.82, 2.24) is 9.97 Å². The van der Waals surface area contributed by atoms with Crippen molar-refractivity contribution in [2.24, 2.45) is 0 Å². The molecule has 2 aromatic heterocycles. The van der Waals surface area contributed by atoms with Gasteiger partial charge in [-0.1, -0.05) is 29.3 Å². The summed E-state index contributed by atoms with van der Waals surface area (Å²) < 4.78 is 1.09. The molecular weight excluding hydrogens is 300 g/mol. The Hall–Kier alpha value is -1.97. The van der Waals surface area contributed by atoms with Gasteiger partial charge in [0.05, 0.1) is 21.4 Å². The highest BCUT2D eigenvalue weighted by Crippen LogP contribution is 2.31. The molecule has 2 nitrogen and oxygen atoms in total. The van der Waals surface area contributed by atoms with Crippen molar-refractivity contribution in [3.05, 3.63) is 59.1 Å². The molecule has 0 atom stereocenters. The molecule has 102 valence electrons. The van der Waals surface area contributed by atoms with Gasteiger partial charge in [0.1, 0.15) is 5.01 Å². The van der Waals surface area contributed by atoms with Crippen molar-refractivity contribution < 1.29 is 0 Å². The van der Waals surface area contributed by atoms with Gasteiger partial charge in [-0.25, -0.2) is 9.97 Å². The highest BCUT2D eigenvalue weighted by molar-refractivity contribution is 7.21. The third kappa shape index (κ3) is 2.28. The molecule has 0 saturated heterocycles. The van der Waals surface area contributed by atoms with Gasteiger partial charge in [0, 0.05) is 10.4 Å². The monoisotopic (exact) mass is 310 g/mol. The summed E-state index contributed by atoms with van der Waals surface area (Å²) in [7, 11) is 0. The Kier molecular flexibility index (Phi) is 2.91. The molecule has 0 aliphatic heterocycles. The van der Waals surface area contributed by atoms with E-state index in [0.29, 0.717) is 0 Å². The first-order chi connectivity index (χ1) is 10.2. The fraction of sp³-hybridized carbons (Fsp3) is 0.0588. The van der Waals surface area contributed by atoms with Gasteiger partial charge in [-0.2, -0.15) is 0 Å². The lowest BCUT2D eigenvalue weighted by molar-refractivity contribution is 1.36. The maximum Gasteiger partial charge on any atom is 0.143 e. The fourth-order valence-electron chi connectivity index (χ4n) is 2.37. The molecule has 4 heteroatoms. The summed E-state index contributed by atoms with van der Waals surface area (Å²) in [5, 5.41) is 2.82. The zero-order chi connectivity index (χ0) is 14.4. The van der Waals surface area contributed by atoms with Gasteiger partial charge in [-0.15, -0.1) is 11.3 Å².